The molecule has 0 aliphatic heterocycles. The van der Waals surface area contributed by atoms with Crippen molar-refractivity contribution in [3.05, 3.63) is 0 Å². The molecule has 0 bridgehead atoms. The van der Waals surface area contributed by atoms with Gasteiger partial charge in [0, 0.05) is 12.1 Å². The summed E-state index contributed by atoms with van der Waals surface area (Å²) in [6, 6.07) is 0.877. The highest BCUT2D eigenvalue weighted by Crippen LogP contribution is 2.42. The Bertz CT molecular complexity index is 287. The number of hydrogen-bond donors (Lipinski definition) is 2. The molecule has 0 heterocycles. The molecule has 0 aromatic carbocycles. The fraction of sp³-hybridized carbons (Fsp3) is 1.00. The van der Waals surface area contributed by atoms with Crippen LogP contribution in [0.3, 0.4) is 0 Å². The third kappa shape index (κ3) is 4.01. The highest BCUT2D eigenvalue weighted by atomic mass is 14.7. The van der Waals surface area contributed by atoms with Gasteiger partial charge in [-0.1, -0.05) is 40.5 Å². The quantitative estimate of drug-likeness (QED) is 0.817. The first-order valence-corrected chi connectivity index (χ1v) is 9.47. The smallest absolute Gasteiger partial charge is 0.00931 e. The molecule has 2 aliphatic rings. The van der Waals surface area contributed by atoms with Crippen LogP contribution < -0.4 is 11.5 Å². The first-order valence-electron chi connectivity index (χ1n) is 9.47. The maximum atomic E-state index is 6.40. The highest BCUT2D eigenvalue weighted by molar-refractivity contribution is 4.90. The Hall–Kier alpha value is -0.0800. The Morgan fingerprint density at radius 2 is 1.10 bits per heavy atom. The van der Waals surface area contributed by atoms with Gasteiger partial charge in [-0.3, -0.25) is 0 Å². The fourth-order valence-corrected chi connectivity index (χ4v) is 5.39. The summed E-state index contributed by atoms with van der Waals surface area (Å²) in [6.07, 6.45) is 9.39. The molecule has 0 aromatic heterocycles. The first-order chi connectivity index (χ1) is 9.96. The van der Waals surface area contributed by atoms with Crippen LogP contribution in [0.2, 0.25) is 0 Å². The predicted molar refractivity (Wildman–Crippen MR) is 91.9 cm³/mol. The van der Waals surface area contributed by atoms with Crippen molar-refractivity contribution >= 4 is 0 Å². The lowest BCUT2D eigenvalue weighted by Gasteiger charge is -2.43. The Morgan fingerprint density at radius 1 is 0.714 bits per heavy atom. The summed E-state index contributed by atoms with van der Waals surface area (Å²) in [5.74, 6) is 4.74. The normalized spacial score (nSPS) is 48.3. The third-order valence-corrected chi connectivity index (χ3v) is 6.80. The highest BCUT2D eigenvalue weighted by Gasteiger charge is 2.36. The second-order valence-corrected chi connectivity index (χ2v) is 8.36. The number of rotatable bonds is 4. The van der Waals surface area contributed by atoms with E-state index in [4.69, 9.17) is 11.5 Å². The zero-order valence-corrected chi connectivity index (χ0v) is 14.7. The van der Waals surface area contributed by atoms with E-state index in [0.717, 1.165) is 23.7 Å². The average Bonchev–Trinajstić information content (AvgIpc) is 2.46. The van der Waals surface area contributed by atoms with E-state index in [9.17, 15) is 0 Å². The summed E-state index contributed by atoms with van der Waals surface area (Å²) < 4.78 is 0. The fourth-order valence-electron chi connectivity index (χ4n) is 5.39. The van der Waals surface area contributed by atoms with Gasteiger partial charge in [0.2, 0.25) is 0 Å². The maximum absolute atomic E-state index is 6.40. The van der Waals surface area contributed by atoms with Crippen LogP contribution in [0.5, 0.6) is 0 Å². The summed E-state index contributed by atoms with van der Waals surface area (Å²) >= 11 is 0. The van der Waals surface area contributed by atoms with E-state index in [1.807, 2.05) is 0 Å². The van der Waals surface area contributed by atoms with Gasteiger partial charge in [0.1, 0.15) is 0 Å². The molecule has 2 rings (SSSR count). The van der Waals surface area contributed by atoms with Gasteiger partial charge >= 0.3 is 0 Å². The molecule has 2 aliphatic carbocycles. The Labute approximate surface area is 132 Å². The molecule has 8 atom stereocenters. The molecule has 2 heteroatoms. The lowest BCUT2D eigenvalue weighted by atomic mass is 9.65. The van der Waals surface area contributed by atoms with Crippen molar-refractivity contribution in [2.75, 3.05) is 0 Å². The van der Waals surface area contributed by atoms with Crippen LogP contribution in [-0.4, -0.2) is 12.1 Å². The monoisotopic (exact) mass is 294 g/mol. The summed E-state index contributed by atoms with van der Waals surface area (Å²) in [7, 11) is 0. The number of nitrogens with two attached hydrogens (primary N) is 2. The van der Waals surface area contributed by atoms with Crippen LogP contribution in [-0.2, 0) is 0 Å². The molecule has 2 fully saturated rings. The van der Waals surface area contributed by atoms with Crippen LogP contribution in [0.1, 0.15) is 72.6 Å². The first kappa shape index (κ1) is 17.3. The van der Waals surface area contributed by atoms with Crippen LogP contribution in [0.15, 0.2) is 0 Å². The van der Waals surface area contributed by atoms with Gasteiger partial charge < -0.3 is 11.5 Å². The molecular weight excluding hydrogens is 256 g/mol. The van der Waals surface area contributed by atoms with Gasteiger partial charge in [0.15, 0.2) is 0 Å². The zero-order valence-electron chi connectivity index (χ0n) is 14.7. The molecule has 0 saturated heterocycles. The Balaban J connectivity index is 1.92. The number of hydrogen-bond acceptors (Lipinski definition) is 2. The van der Waals surface area contributed by atoms with E-state index in [0.29, 0.717) is 23.9 Å². The summed E-state index contributed by atoms with van der Waals surface area (Å²) in [4.78, 5) is 0. The van der Waals surface area contributed by atoms with Gasteiger partial charge in [-0.25, -0.2) is 0 Å². The van der Waals surface area contributed by atoms with E-state index in [2.05, 4.69) is 27.7 Å². The van der Waals surface area contributed by atoms with Crippen LogP contribution in [0.4, 0.5) is 0 Å². The Morgan fingerprint density at radius 3 is 1.43 bits per heavy atom. The minimum absolute atomic E-state index is 0.438. The molecule has 21 heavy (non-hydrogen) atoms. The molecule has 0 amide bonds. The Kier molecular flexibility index (Phi) is 6.14. The summed E-state index contributed by atoms with van der Waals surface area (Å²) in [5.41, 5.74) is 12.8. The molecule has 4 N–H and O–H groups in total. The van der Waals surface area contributed by atoms with E-state index in [1.165, 1.54) is 44.9 Å². The van der Waals surface area contributed by atoms with Gasteiger partial charge in [0.25, 0.3) is 0 Å². The molecule has 2 saturated carbocycles. The van der Waals surface area contributed by atoms with Gasteiger partial charge in [-0.05, 0) is 67.6 Å². The molecule has 8 unspecified atom stereocenters. The lowest BCUT2D eigenvalue weighted by molar-refractivity contribution is 0.106. The van der Waals surface area contributed by atoms with Crippen LogP contribution >= 0.6 is 0 Å². The minimum atomic E-state index is 0.438. The molecular formula is C19H38N2. The largest absolute Gasteiger partial charge is 0.327 e. The van der Waals surface area contributed by atoms with Gasteiger partial charge in [-0.2, -0.15) is 0 Å². The van der Waals surface area contributed by atoms with Crippen molar-refractivity contribution in [2.45, 2.75) is 84.7 Å². The second-order valence-electron chi connectivity index (χ2n) is 8.36. The van der Waals surface area contributed by atoms with Crippen LogP contribution in [0.25, 0.3) is 0 Å². The van der Waals surface area contributed by atoms with E-state index >= 15 is 0 Å². The molecule has 0 aromatic rings. The van der Waals surface area contributed by atoms with Crippen molar-refractivity contribution < 1.29 is 0 Å². The van der Waals surface area contributed by atoms with Crippen molar-refractivity contribution in [2.24, 2.45) is 47.0 Å². The standard InChI is InChI=1S/C19H38N2/c1-5-16-10-14(7-12(3)18(16)20)9-15-8-13(4)19(21)17(6-2)11-15/h12-19H,5-11,20-21H2,1-4H3. The van der Waals surface area contributed by atoms with Crippen molar-refractivity contribution in [3.8, 4) is 0 Å². The molecule has 2 nitrogen and oxygen atoms in total. The molecule has 124 valence electrons. The molecule has 0 spiro atoms. The van der Waals surface area contributed by atoms with E-state index < -0.39 is 0 Å². The minimum Gasteiger partial charge on any atom is -0.327 e. The van der Waals surface area contributed by atoms with Gasteiger partial charge in [0.05, 0.1) is 0 Å². The zero-order chi connectivity index (χ0) is 15.6. The van der Waals surface area contributed by atoms with E-state index in [1.54, 1.807) is 0 Å². The molecule has 0 radical (unpaired) electrons. The predicted octanol–water partition coefficient (Wildman–Crippen LogP) is 4.18. The average molecular weight is 295 g/mol. The third-order valence-electron chi connectivity index (χ3n) is 6.80. The SMILES string of the molecule is CCC1CC(CC2CC(C)C(N)C(CC)C2)CC(C)C1N. The van der Waals surface area contributed by atoms with Gasteiger partial charge in [-0.15, -0.1) is 0 Å². The van der Waals surface area contributed by atoms with Crippen molar-refractivity contribution in [3.63, 3.8) is 0 Å². The topological polar surface area (TPSA) is 52.0 Å². The lowest BCUT2D eigenvalue weighted by Crippen LogP contribution is -2.44. The maximum Gasteiger partial charge on any atom is 0.00931 e. The van der Waals surface area contributed by atoms with E-state index in [-0.39, 0.29) is 0 Å². The second kappa shape index (κ2) is 7.46. The van der Waals surface area contributed by atoms with Crippen molar-refractivity contribution in [1.29, 1.82) is 0 Å². The summed E-state index contributed by atoms with van der Waals surface area (Å²) in [5, 5.41) is 0. The summed E-state index contributed by atoms with van der Waals surface area (Å²) in [6.45, 7) is 9.37. The van der Waals surface area contributed by atoms with Crippen LogP contribution in [0, 0.1) is 35.5 Å². The van der Waals surface area contributed by atoms with Crippen molar-refractivity contribution in [1.82, 2.24) is 0 Å².